The number of alkyl halides is 3. The van der Waals surface area contributed by atoms with Crippen LogP contribution in [0.25, 0.3) is 11.3 Å². The topological polar surface area (TPSA) is 43.8 Å². The maximum atomic E-state index is 13.0. The molecule has 1 atom stereocenters. The highest BCUT2D eigenvalue weighted by molar-refractivity contribution is 5.75. The molecule has 0 radical (unpaired) electrons. The largest absolute Gasteiger partial charge is 0.417 e. The number of aromatic nitrogens is 2. The summed E-state index contributed by atoms with van der Waals surface area (Å²) in [6.45, 7) is 3.91. The number of nitrogens with zero attached hydrogens (tertiary/aromatic N) is 2. The average Bonchev–Trinajstić information content (AvgIpc) is 2.79. The number of hydrogen-bond donors (Lipinski definition) is 1. The van der Waals surface area contributed by atoms with E-state index in [1.165, 1.54) is 12.1 Å². The molecule has 2 N–H and O–H groups in total. The third-order valence-corrected chi connectivity index (χ3v) is 3.29. The van der Waals surface area contributed by atoms with Crippen LogP contribution in [0.1, 0.15) is 31.9 Å². The van der Waals surface area contributed by atoms with Gasteiger partial charge in [0.2, 0.25) is 0 Å². The number of hydrogen-bond acceptors (Lipinski definition) is 2. The van der Waals surface area contributed by atoms with Gasteiger partial charge in [-0.15, -0.1) is 0 Å². The Kier molecular flexibility index (Phi) is 3.74. The van der Waals surface area contributed by atoms with Gasteiger partial charge in [0.05, 0.1) is 11.3 Å². The van der Waals surface area contributed by atoms with E-state index in [0.29, 0.717) is 0 Å². The zero-order chi connectivity index (χ0) is 14.9. The molecule has 0 aliphatic heterocycles. The molecule has 0 amide bonds. The van der Waals surface area contributed by atoms with Crippen LogP contribution in [0.2, 0.25) is 0 Å². The lowest BCUT2D eigenvalue weighted by Crippen LogP contribution is -2.08. The second-order valence-electron chi connectivity index (χ2n) is 4.71. The second-order valence-corrected chi connectivity index (χ2v) is 4.71. The van der Waals surface area contributed by atoms with E-state index >= 15 is 0 Å². The highest BCUT2D eigenvalue weighted by atomic mass is 19.4. The standard InChI is InChI=1S/C14H16F3N3/c1-3-9(2)20-8-12(18)13(19-20)10-6-4-5-7-11(10)14(15,16)17/h4-9H,3,18H2,1-2H3. The van der Waals surface area contributed by atoms with Crippen LogP contribution in [0, 0.1) is 0 Å². The molecule has 1 aromatic carbocycles. The summed E-state index contributed by atoms with van der Waals surface area (Å²) in [5.41, 5.74) is 5.55. The van der Waals surface area contributed by atoms with Crippen LogP contribution in [0.4, 0.5) is 18.9 Å². The Labute approximate surface area is 115 Å². The highest BCUT2D eigenvalue weighted by Gasteiger charge is 2.34. The van der Waals surface area contributed by atoms with Gasteiger partial charge in [-0.3, -0.25) is 4.68 Å². The summed E-state index contributed by atoms with van der Waals surface area (Å²) >= 11 is 0. The normalized spacial score (nSPS) is 13.4. The zero-order valence-electron chi connectivity index (χ0n) is 11.3. The highest BCUT2D eigenvalue weighted by Crippen LogP contribution is 2.38. The van der Waals surface area contributed by atoms with Gasteiger partial charge in [-0.05, 0) is 19.4 Å². The maximum absolute atomic E-state index is 13.0. The van der Waals surface area contributed by atoms with E-state index in [9.17, 15) is 13.2 Å². The molecule has 0 saturated heterocycles. The molecule has 0 aliphatic carbocycles. The van der Waals surface area contributed by atoms with E-state index in [-0.39, 0.29) is 23.0 Å². The Morgan fingerprint density at radius 3 is 2.55 bits per heavy atom. The Hall–Kier alpha value is -1.98. The van der Waals surface area contributed by atoms with Gasteiger partial charge in [-0.2, -0.15) is 18.3 Å². The van der Waals surface area contributed by atoms with Gasteiger partial charge in [-0.25, -0.2) is 0 Å². The van der Waals surface area contributed by atoms with Crippen molar-refractivity contribution >= 4 is 5.69 Å². The number of nitrogen functional groups attached to an aromatic ring is 1. The number of halogens is 3. The molecule has 2 aromatic rings. The van der Waals surface area contributed by atoms with E-state index in [1.807, 2.05) is 13.8 Å². The lowest BCUT2D eigenvalue weighted by atomic mass is 10.0. The predicted molar refractivity (Wildman–Crippen MR) is 72.1 cm³/mol. The van der Waals surface area contributed by atoms with Crippen molar-refractivity contribution in [2.75, 3.05) is 5.73 Å². The van der Waals surface area contributed by atoms with E-state index < -0.39 is 11.7 Å². The van der Waals surface area contributed by atoms with Crippen LogP contribution < -0.4 is 5.73 Å². The third kappa shape index (κ3) is 2.64. The van der Waals surface area contributed by atoms with Crippen molar-refractivity contribution in [3.8, 4) is 11.3 Å². The van der Waals surface area contributed by atoms with Gasteiger partial charge >= 0.3 is 6.18 Å². The molecule has 0 saturated carbocycles. The first-order chi connectivity index (χ1) is 9.34. The summed E-state index contributed by atoms with van der Waals surface area (Å²) < 4.78 is 40.7. The monoisotopic (exact) mass is 283 g/mol. The molecule has 3 nitrogen and oxygen atoms in total. The molecule has 0 fully saturated rings. The Morgan fingerprint density at radius 1 is 1.30 bits per heavy atom. The molecule has 20 heavy (non-hydrogen) atoms. The minimum absolute atomic E-state index is 0.0135. The number of anilines is 1. The Morgan fingerprint density at radius 2 is 1.95 bits per heavy atom. The molecule has 0 spiro atoms. The number of benzene rings is 1. The molecule has 0 aliphatic rings. The fraction of sp³-hybridized carbons (Fsp3) is 0.357. The number of rotatable bonds is 3. The van der Waals surface area contributed by atoms with Gasteiger partial charge < -0.3 is 5.73 Å². The van der Waals surface area contributed by atoms with E-state index in [2.05, 4.69) is 5.10 Å². The minimum Gasteiger partial charge on any atom is -0.396 e. The van der Waals surface area contributed by atoms with Crippen molar-refractivity contribution in [1.82, 2.24) is 9.78 Å². The molecule has 0 bridgehead atoms. The number of nitrogens with two attached hydrogens (primary N) is 1. The molecular weight excluding hydrogens is 267 g/mol. The molecule has 6 heteroatoms. The minimum atomic E-state index is -4.43. The maximum Gasteiger partial charge on any atom is 0.417 e. The first kappa shape index (κ1) is 14.4. The van der Waals surface area contributed by atoms with Crippen LogP contribution in [0.3, 0.4) is 0 Å². The van der Waals surface area contributed by atoms with E-state index in [4.69, 9.17) is 5.73 Å². The zero-order valence-corrected chi connectivity index (χ0v) is 11.3. The van der Waals surface area contributed by atoms with Crippen LogP contribution in [0.15, 0.2) is 30.5 Å². The molecule has 108 valence electrons. The molecule has 1 unspecified atom stereocenters. The predicted octanol–water partition coefficient (Wildman–Crippen LogP) is 4.12. The Balaban J connectivity index is 2.55. The lowest BCUT2D eigenvalue weighted by molar-refractivity contribution is -0.137. The summed E-state index contributed by atoms with van der Waals surface area (Å²) in [5.74, 6) is 0. The smallest absolute Gasteiger partial charge is 0.396 e. The van der Waals surface area contributed by atoms with Crippen LogP contribution >= 0.6 is 0 Å². The molecule has 1 heterocycles. The van der Waals surface area contributed by atoms with Gasteiger partial charge in [0.1, 0.15) is 5.69 Å². The summed E-state index contributed by atoms with van der Waals surface area (Å²) in [6.07, 6.45) is -2.03. The quantitative estimate of drug-likeness (QED) is 0.920. The fourth-order valence-electron chi connectivity index (χ4n) is 1.96. The summed E-state index contributed by atoms with van der Waals surface area (Å²) in [6, 6.07) is 5.42. The van der Waals surface area contributed by atoms with Crippen molar-refractivity contribution in [2.24, 2.45) is 0 Å². The summed E-state index contributed by atoms with van der Waals surface area (Å²) in [4.78, 5) is 0. The molecule has 2 rings (SSSR count). The first-order valence-electron chi connectivity index (χ1n) is 6.35. The van der Waals surface area contributed by atoms with Crippen molar-refractivity contribution in [3.63, 3.8) is 0 Å². The Bertz CT molecular complexity index is 602. The van der Waals surface area contributed by atoms with Gasteiger partial charge in [0.25, 0.3) is 0 Å². The molecule has 1 aromatic heterocycles. The van der Waals surface area contributed by atoms with Gasteiger partial charge in [-0.1, -0.05) is 25.1 Å². The van der Waals surface area contributed by atoms with Crippen molar-refractivity contribution in [1.29, 1.82) is 0 Å². The summed E-state index contributed by atoms with van der Waals surface area (Å²) in [5, 5.41) is 4.22. The van der Waals surface area contributed by atoms with Gasteiger partial charge in [0.15, 0.2) is 0 Å². The van der Waals surface area contributed by atoms with Crippen LogP contribution in [0.5, 0.6) is 0 Å². The van der Waals surface area contributed by atoms with E-state index in [1.54, 1.807) is 16.9 Å². The second kappa shape index (κ2) is 5.19. The SMILES string of the molecule is CCC(C)n1cc(N)c(-c2ccccc2C(F)(F)F)n1. The van der Waals surface area contributed by atoms with Gasteiger partial charge in [0, 0.05) is 17.8 Å². The average molecular weight is 283 g/mol. The third-order valence-electron chi connectivity index (χ3n) is 3.29. The fourth-order valence-corrected chi connectivity index (χ4v) is 1.96. The summed E-state index contributed by atoms with van der Waals surface area (Å²) in [7, 11) is 0. The lowest BCUT2D eigenvalue weighted by Gasteiger charge is -2.12. The van der Waals surface area contributed by atoms with E-state index in [0.717, 1.165) is 12.5 Å². The van der Waals surface area contributed by atoms with Crippen molar-refractivity contribution < 1.29 is 13.2 Å². The van der Waals surface area contributed by atoms with Crippen molar-refractivity contribution in [2.45, 2.75) is 32.5 Å². The first-order valence-corrected chi connectivity index (χ1v) is 6.35. The van der Waals surface area contributed by atoms with Crippen molar-refractivity contribution in [3.05, 3.63) is 36.0 Å². The van der Waals surface area contributed by atoms with Crippen LogP contribution in [-0.2, 0) is 6.18 Å². The molecular formula is C14H16F3N3. The van der Waals surface area contributed by atoms with Crippen LogP contribution in [-0.4, -0.2) is 9.78 Å².